The van der Waals surface area contributed by atoms with Crippen molar-refractivity contribution >= 4 is 27.4 Å². The summed E-state index contributed by atoms with van der Waals surface area (Å²) in [7, 11) is 0. The molecule has 27 heavy (non-hydrogen) atoms. The third-order valence-electron chi connectivity index (χ3n) is 5.18. The molecule has 132 valence electrons. The molecular formula is C25H21NO. The minimum absolute atomic E-state index is 0.184. The van der Waals surface area contributed by atoms with Crippen molar-refractivity contribution in [2.24, 2.45) is 4.99 Å². The molecule has 0 aliphatic carbocycles. The Morgan fingerprint density at radius 2 is 1.37 bits per heavy atom. The van der Waals surface area contributed by atoms with Crippen LogP contribution in [0.1, 0.15) is 19.4 Å². The Morgan fingerprint density at radius 1 is 0.704 bits per heavy atom. The van der Waals surface area contributed by atoms with Gasteiger partial charge in [0.25, 0.3) is 0 Å². The van der Waals surface area contributed by atoms with Gasteiger partial charge in [-0.15, -0.1) is 0 Å². The summed E-state index contributed by atoms with van der Waals surface area (Å²) in [6.07, 6.45) is 0. The SMILES string of the molecule is CC1(C)COC(c2ccc3ccccc3c2-c2cccc3ccccc23)=N1. The van der Waals surface area contributed by atoms with E-state index in [2.05, 4.69) is 92.7 Å². The van der Waals surface area contributed by atoms with E-state index in [0.717, 1.165) is 11.5 Å². The van der Waals surface area contributed by atoms with E-state index in [4.69, 9.17) is 9.73 Å². The van der Waals surface area contributed by atoms with Gasteiger partial charge in [0.1, 0.15) is 6.61 Å². The molecule has 4 aromatic rings. The molecule has 0 saturated carbocycles. The predicted octanol–water partition coefficient (Wildman–Crippen LogP) is 6.22. The lowest BCUT2D eigenvalue weighted by atomic mass is 9.90. The number of ether oxygens (including phenoxy) is 1. The number of fused-ring (bicyclic) bond motifs is 2. The smallest absolute Gasteiger partial charge is 0.217 e. The van der Waals surface area contributed by atoms with Crippen LogP contribution in [0.5, 0.6) is 0 Å². The van der Waals surface area contributed by atoms with Crippen LogP contribution < -0.4 is 0 Å². The number of nitrogens with zero attached hydrogens (tertiary/aromatic N) is 1. The maximum Gasteiger partial charge on any atom is 0.217 e. The van der Waals surface area contributed by atoms with Gasteiger partial charge in [0.05, 0.1) is 5.54 Å². The van der Waals surface area contributed by atoms with E-state index in [1.165, 1.54) is 32.7 Å². The van der Waals surface area contributed by atoms with E-state index >= 15 is 0 Å². The molecule has 1 aliphatic heterocycles. The van der Waals surface area contributed by atoms with Crippen molar-refractivity contribution in [3.63, 3.8) is 0 Å². The highest BCUT2D eigenvalue weighted by Gasteiger charge is 2.29. The average molecular weight is 351 g/mol. The van der Waals surface area contributed by atoms with Crippen LogP contribution in [0.3, 0.4) is 0 Å². The molecule has 1 aliphatic rings. The van der Waals surface area contributed by atoms with Crippen LogP contribution in [0, 0.1) is 0 Å². The molecule has 2 heteroatoms. The van der Waals surface area contributed by atoms with Gasteiger partial charge in [0.15, 0.2) is 0 Å². The fourth-order valence-corrected chi connectivity index (χ4v) is 3.91. The highest BCUT2D eigenvalue weighted by Crippen LogP contribution is 2.38. The maximum atomic E-state index is 6.03. The molecule has 4 aromatic carbocycles. The Hall–Kier alpha value is -3.13. The summed E-state index contributed by atoms with van der Waals surface area (Å²) in [6.45, 7) is 4.83. The van der Waals surface area contributed by atoms with Crippen molar-refractivity contribution in [3.8, 4) is 11.1 Å². The maximum absolute atomic E-state index is 6.03. The molecule has 0 atom stereocenters. The molecule has 0 N–H and O–H groups in total. The summed E-state index contributed by atoms with van der Waals surface area (Å²) in [5.74, 6) is 0.744. The Balaban J connectivity index is 1.88. The quantitative estimate of drug-likeness (QED) is 0.420. The van der Waals surface area contributed by atoms with Crippen molar-refractivity contribution < 1.29 is 4.74 Å². The van der Waals surface area contributed by atoms with Crippen molar-refractivity contribution in [1.29, 1.82) is 0 Å². The first-order chi connectivity index (χ1) is 13.1. The van der Waals surface area contributed by atoms with Crippen LogP contribution in [0.25, 0.3) is 32.7 Å². The van der Waals surface area contributed by atoms with Gasteiger partial charge in [-0.25, -0.2) is 4.99 Å². The van der Waals surface area contributed by atoms with E-state index < -0.39 is 0 Å². The Bertz CT molecular complexity index is 1200. The van der Waals surface area contributed by atoms with Gasteiger partial charge in [-0.05, 0) is 47.0 Å². The summed E-state index contributed by atoms with van der Waals surface area (Å²) >= 11 is 0. The van der Waals surface area contributed by atoms with Gasteiger partial charge < -0.3 is 4.74 Å². The zero-order chi connectivity index (χ0) is 18.4. The van der Waals surface area contributed by atoms with Crippen molar-refractivity contribution in [2.45, 2.75) is 19.4 Å². The number of aliphatic imine (C=N–C) groups is 1. The van der Waals surface area contributed by atoms with Crippen LogP contribution in [-0.2, 0) is 4.74 Å². The van der Waals surface area contributed by atoms with Crippen LogP contribution >= 0.6 is 0 Å². The van der Waals surface area contributed by atoms with Gasteiger partial charge in [0, 0.05) is 11.1 Å². The lowest BCUT2D eigenvalue weighted by Gasteiger charge is -2.15. The predicted molar refractivity (Wildman–Crippen MR) is 113 cm³/mol. The van der Waals surface area contributed by atoms with Crippen molar-refractivity contribution in [1.82, 2.24) is 0 Å². The topological polar surface area (TPSA) is 21.6 Å². The molecule has 0 bridgehead atoms. The third kappa shape index (κ3) is 2.69. The molecule has 0 fully saturated rings. The zero-order valence-electron chi connectivity index (χ0n) is 15.6. The van der Waals surface area contributed by atoms with Crippen molar-refractivity contribution in [3.05, 3.63) is 84.4 Å². The fourth-order valence-electron chi connectivity index (χ4n) is 3.91. The normalized spacial score (nSPS) is 15.7. The van der Waals surface area contributed by atoms with Crippen LogP contribution in [0.2, 0.25) is 0 Å². The van der Waals surface area contributed by atoms with E-state index in [-0.39, 0.29) is 5.54 Å². The molecule has 0 radical (unpaired) electrons. The first-order valence-electron chi connectivity index (χ1n) is 9.35. The first-order valence-corrected chi connectivity index (χ1v) is 9.35. The van der Waals surface area contributed by atoms with E-state index in [1.807, 2.05) is 0 Å². The number of benzene rings is 4. The highest BCUT2D eigenvalue weighted by molar-refractivity contribution is 6.14. The van der Waals surface area contributed by atoms with Gasteiger partial charge in [-0.2, -0.15) is 0 Å². The van der Waals surface area contributed by atoms with Gasteiger partial charge in [-0.3, -0.25) is 0 Å². The minimum atomic E-state index is -0.184. The summed E-state index contributed by atoms with van der Waals surface area (Å²) in [6, 6.07) is 27.9. The minimum Gasteiger partial charge on any atom is -0.475 e. The summed E-state index contributed by atoms with van der Waals surface area (Å²) in [5, 5.41) is 4.93. The second-order valence-electron chi connectivity index (χ2n) is 7.75. The monoisotopic (exact) mass is 351 g/mol. The third-order valence-corrected chi connectivity index (χ3v) is 5.18. The van der Waals surface area contributed by atoms with E-state index in [1.54, 1.807) is 0 Å². The summed E-state index contributed by atoms with van der Waals surface area (Å²) in [5.41, 5.74) is 3.30. The van der Waals surface area contributed by atoms with E-state index in [0.29, 0.717) is 6.61 Å². The van der Waals surface area contributed by atoms with Gasteiger partial charge >= 0.3 is 0 Å². The second-order valence-corrected chi connectivity index (χ2v) is 7.75. The lowest BCUT2D eigenvalue weighted by molar-refractivity contribution is 0.279. The molecule has 0 amide bonds. The second kappa shape index (κ2) is 5.95. The summed E-state index contributed by atoms with van der Waals surface area (Å²) < 4.78 is 6.03. The number of hydrogen-bond acceptors (Lipinski definition) is 2. The highest BCUT2D eigenvalue weighted by atomic mass is 16.5. The van der Waals surface area contributed by atoms with Crippen molar-refractivity contribution in [2.75, 3.05) is 6.61 Å². The average Bonchev–Trinajstić information content (AvgIpc) is 3.06. The molecule has 0 spiro atoms. The Morgan fingerprint density at radius 3 is 2.11 bits per heavy atom. The van der Waals surface area contributed by atoms with E-state index in [9.17, 15) is 0 Å². The molecule has 0 unspecified atom stereocenters. The van der Waals surface area contributed by atoms with Crippen LogP contribution in [-0.4, -0.2) is 18.0 Å². The standard InChI is InChI=1S/C25H21NO/c1-25(2)16-27-24(26-25)22-15-14-18-9-4-6-12-20(18)23(22)21-13-7-10-17-8-3-5-11-19(17)21/h3-15H,16H2,1-2H3. The number of rotatable bonds is 2. The Kier molecular flexibility index (Phi) is 3.54. The molecule has 0 saturated heterocycles. The van der Waals surface area contributed by atoms with Gasteiger partial charge in [-0.1, -0.05) is 72.8 Å². The lowest BCUT2D eigenvalue weighted by Crippen LogP contribution is -2.17. The molecule has 0 aromatic heterocycles. The molecule has 1 heterocycles. The molecular weight excluding hydrogens is 330 g/mol. The zero-order valence-corrected chi connectivity index (χ0v) is 15.6. The molecule has 5 rings (SSSR count). The fraction of sp³-hybridized carbons (Fsp3) is 0.160. The number of hydrogen-bond donors (Lipinski definition) is 0. The largest absolute Gasteiger partial charge is 0.475 e. The van der Waals surface area contributed by atoms with Crippen LogP contribution in [0.15, 0.2) is 83.9 Å². The molecule has 2 nitrogen and oxygen atoms in total. The summed E-state index contributed by atoms with van der Waals surface area (Å²) in [4.78, 5) is 4.86. The first kappa shape index (κ1) is 16.1. The Labute approximate surface area is 159 Å². The van der Waals surface area contributed by atoms with Crippen LogP contribution in [0.4, 0.5) is 0 Å². The van der Waals surface area contributed by atoms with Gasteiger partial charge in [0.2, 0.25) is 5.90 Å².